The van der Waals surface area contributed by atoms with E-state index in [1.54, 1.807) is 0 Å². The van der Waals surface area contributed by atoms with Gasteiger partial charge in [-0.2, -0.15) is 0 Å². The van der Waals surface area contributed by atoms with Crippen LogP contribution >= 0.6 is 0 Å². The highest BCUT2D eigenvalue weighted by atomic mass is 16.3. The average Bonchev–Trinajstić information content (AvgIpc) is 2.03. The van der Waals surface area contributed by atoms with Crippen molar-refractivity contribution in [3.05, 3.63) is 0 Å². The molecule has 0 aliphatic heterocycles. The van der Waals surface area contributed by atoms with Crippen LogP contribution in [0.5, 0.6) is 0 Å². The second-order valence-corrected chi connectivity index (χ2v) is 1.69. The predicted molar refractivity (Wildman–Crippen MR) is 39.8 cm³/mol. The van der Waals surface area contributed by atoms with Crippen molar-refractivity contribution in [1.82, 2.24) is 0 Å². The normalized spacial score (nSPS) is 8.00. The van der Waals surface area contributed by atoms with Crippen molar-refractivity contribution in [2.75, 3.05) is 13.2 Å². The molecule has 0 aromatic carbocycles. The number of hydrogen-bond donors (Lipinski definition) is 2. The first-order chi connectivity index (χ1) is 4.72. The van der Waals surface area contributed by atoms with Gasteiger partial charge in [0.25, 0.3) is 0 Å². The van der Waals surface area contributed by atoms with Crippen molar-refractivity contribution in [3.8, 4) is 0 Å². The minimum atomic E-state index is -0.125. The number of aliphatic hydroxyl groups excluding tert-OH is 2. The molecule has 0 rings (SSSR count). The van der Waals surface area contributed by atoms with E-state index in [-0.39, 0.29) is 13.2 Å². The van der Waals surface area contributed by atoms with Crippen LogP contribution < -0.4 is 0 Å². The maximum absolute atomic E-state index is 10.2. The number of aliphatic hydroxyl groups is 2. The van der Waals surface area contributed by atoms with E-state index in [4.69, 9.17) is 10.2 Å². The van der Waals surface area contributed by atoms with E-state index in [0.29, 0.717) is 18.6 Å². The molecule has 0 aliphatic rings. The van der Waals surface area contributed by atoms with E-state index in [0.717, 1.165) is 0 Å². The molecule has 0 radical (unpaired) electrons. The Morgan fingerprint density at radius 2 is 1.40 bits per heavy atom. The van der Waals surface area contributed by atoms with E-state index in [1.165, 1.54) is 0 Å². The second kappa shape index (κ2) is 11.4. The molecule has 62 valence electrons. The molecule has 0 bridgehead atoms. The lowest BCUT2D eigenvalue weighted by atomic mass is 10.3. The van der Waals surface area contributed by atoms with Gasteiger partial charge in [0.1, 0.15) is 5.78 Å². The number of carbonyl (C=O) groups is 1. The van der Waals surface area contributed by atoms with E-state index >= 15 is 0 Å². The zero-order valence-corrected chi connectivity index (χ0v) is 6.63. The van der Waals surface area contributed by atoms with Crippen LogP contribution in [0.15, 0.2) is 0 Å². The van der Waals surface area contributed by atoms with E-state index < -0.39 is 0 Å². The van der Waals surface area contributed by atoms with Crippen LogP contribution in [0.3, 0.4) is 0 Å². The summed E-state index contributed by atoms with van der Waals surface area (Å²) in [5, 5.41) is 15.2. The summed E-state index contributed by atoms with van der Waals surface area (Å²) in [5.74, 6) is 0.343. The van der Waals surface area contributed by atoms with Gasteiger partial charge in [-0.05, 0) is 0 Å². The highest BCUT2D eigenvalue weighted by Crippen LogP contribution is 1.82. The molecule has 0 spiro atoms. The van der Waals surface area contributed by atoms with Crippen molar-refractivity contribution in [2.45, 2.75) is 26.7 Å². The van der Waals surface area contributed by atoms with Crippen molar-refractivity contribution in [2.24, 2.45) is 0 Å². The van der Waals surface area contributed by atoms with Crippen LogP contribution in [-0.2, 0) is 4.79 Å². The summed E-state index contributed by atoms with van der Waals surface area (Å²) in [7, 11) is 0. The smallest absolute Gasteiger partial charge is 0.132 e. The van der Waals surface area contributed by atoms with Crippen LogP contribution in [0.25, 0.3) is 0 Å². The Morgan fingerprint density at radius 3 is 1.40 bits per heavy atom. The molecule has 10 heavy (non-hydrogen) atoms. The zero-order chi connectivity index (χ0) is 8.41. The third kappa shape index (κ3) is 15.6. The first-order valence-corrected chi connectivity index (χ1v) is 3.46. The summed E-state index contributed by atoms with van der Waals surface area (Å²) in [5.41, 5.74) is 0. The highest BCUT2D eigenvalue weighted by molar-refractivity contribution is 5.77. The molecule has 0 unspecified atom stereocenters. The Kier molecular flexibility index (Phi) is 14.0. The number of hydrogen-bond acceptors (Lipinski definition) is 3. The Labute approximate surface area is 61.7 Å². The quantitative estimate of drug-likeness (QED) is 0.607. The third-order valence-electron chi connectivity index (χ3n) is 0.889. The number of carbonyl (C=O) groups excluding carboxylic acids is 1. The maximum Gasteiger partial charge on any atom is 0.132 e. The van der Waals surface area contributed by atoms with Gasteiger partial charge >= 0.3 is 0 Å². The van der Waals surface area contributed by atoms with Crippen LogP contribution in [0.4, 0.5) is 0 Å². The van der Waals surface area contributed by atoms with Crippen LogP contribution in [0, 0.1) is 0 Å². The van der Waals surface area contributed by atoms with E-state index in [1.807, 2.05) is 13.8 Å². The topological polar surface area (TPSA) is 57.5 Å². The lowest BCUT2D eigenvalue weighted by molar-refractivity contribution is -0.118. The summed E-state index contributed by atoms with van der Waals surface area (Å²) in [6.07, 6.45) is 1.38. The predicted octanol–water partition coefficient (Wildman–Crippen LogP) is 0.347. The van der Waals surface area contributed by atoms with Gasteiger partial charge in [-0.1, -0.05) is 13.8 Å². The average molecular weight is 148 g/mol. The molecule has 0 saturated carbocycles. The van der Waals surface area contributed by atoms with Crippen molar-refractivity contribution < 1.29 is 15.0 Å². The highest BCUT2D eigenvalue weighted by Gasteiger charge is 1.86. The molecule has 0 aromatic heterocycles. The van der Waals surface area contributed by atoms with Crippen LogP contribution in [0.2, 0.25) is 0 Å². The fraction of sp³-hybridized carbons (Fsp3) is 0.857. The van der Waals surface area contributed by atoms with Crippen LogP contribution in [0.1, 0.15) is 26.7 Å². The monoisotopic (exact) mass is 148 g/mol. The van der Waals surface area contributed by atoms with Gasteiger partial charge in [0.05, 0.1) is 13.2 Å². The van der Waals surface area contributed by atoms with Gasteiger partial charge in [0.2, 0.25) is 0 Å². The van der Waals surface area contributed by atoms with Gasteiger partial charge in [0.15, 0.2) is 0 Å². The first-order valence-electron chi connectivity index (χ1n) is 3.46. The summed E-state index contributed by atoms with van der Waals surface area (Å²) in [4.78, 5) is 10.2. The molecule has 2 N–H and O–H groups in total. The lowest BCUT2D eigenvalue weighted by Gasteiger charge is -1.81. The summed E-state index contributed by atoms with van der Waals surface area (Å²) >= 11 is 0. The standard InChI is InChI=1S/C5H10O.C2H6O2/c1-3-5(6)4-2;3-1-2-4/h3-4H2,1-2H3;3-4H,1-2H2. The lowest BCUT2D eigenvalue weighted by Crippen LogP contribution is -1.88. The first kappa shape index (κ1) is 12.3. The third-order valence-corrected chi connectivity index (χ3v) is 0.889. The van der Waals surface area contributed by atoms with Gasteiger partial charge in [0, 0.05) is 12.8 Å². The molecule has 0 heterocycles. The molecular weight excluding hydrogens is 132 g/mol. The summed E-state index contributed by atoms with van der Waals surface area (Å²) in [6.45, 7) is 3.51. The molecular formula is C7H16O3. The maximum atomic E-state index is 10.2. The largest absolute Gasteiger partial charge is 0.394 e. The minimum Gasteiger partial charge on any atom is -0.394 e. The molecule has 0 aromatic rings. The van der Waals surface area contributed by atoms with Gasteiger partial charge in [-0.25, -0.2) is 0 Å². The van der Waals surface area contributed by atoms with Gasteiger partial charge in [-0.15, -0.1) is 0 Å². The molecule has 3 heteroatoms. The SMILES string of the molecule is CCC(=O)CC.OCCO. The number of ketones is 1. The Morgan fingerprint density at radius 1 is 1.10 bits per heavy atom. The molecule has 0 amide bonds. The van der Waals surface area contributed by atoms with Crippen molar-refractivity contribution in [3.63, 3.8) is 0 Å². The number of rotatable bonds is 3. The zero-order valence-electron chi connectivity index (χ0n) is 6.63. The molecule has 3 nitrogen and oxygen atoms in total. The fourth-order valence-corrected chi connectivity index (χ4v) is 0.250. The second-order valence-electron chi connectivity index (χ2n) is 1.69. The molecule has 0 fully saturated rings. The minimum absolute atomic E-state index is 0.125. The van der Waals surface area contributed by atoms with E-state index in [2.05, 4.69) is 0 Å². The number of Topliss-reactive ketones (excluding diaryl/α,β-unsaturated/α-hetero) is 1. The van der Waals surface area contributed by atoms with Crippen LogP contribution in [-0.4, -0.2) is 29.2 Å². The Hall–Kier alpha value is -0.410. The Bertz CT molecular complexity index is 63.3. The van der Waals surface area contributed by atoms with E-state index in [9.17, 15) is 4.79 Å². The van der Waals surface area contributed by atoms with Gasteiger partial charge in [-0.3, -0.25) is 4.79 Å². The Balaban J connectivity index is 0. The summed E-state index contributed by atoms with van der Waals surface area (Å²) in [6, 6.07) is 0. The molecule has 0 saturated heterocycles. The van der Waals surface area contributed by atoms with Crippen molar-refractivity contribution in [1.29, 1.82) is 0 Å². The molecule has 0 atom stereocenters. The summed E-state index contributed by atoms with van der Waals surface area (Å²) < 4.78 is 0. The van der Waals surface area contributed by atoms with Gasteiger partial charge < -0.3 is 10.2 Å². The fourth-order valence-electron chi connectivity index (χ4n) is 0.250. The van der Waals surface area contributed by atoms with Crippen molar-refractivity contribution >= 4 is 5.78 Å². The molecule has 0 aliphatic carbocycles.